The highest BCUT2D eigenvalue weighted by Gasteiger charge is 2.35. The molecule has 110 valence electrons. The molecule has 0 aromatic heterocycles. The van der Waals surface area contributed by atoms with Crippen LogP contribution in [0.4, 0.5) is 0 Å². The van der Waals surface area contributed by atoms with E-state index in [1.807, 2.05) is 13.8 Å². The Balaban J connectivity index is 2.52. The lowest BCUT2D eigenvalue weighted by atomic mass is 10.0. The highest BCUT2D eigenvalue weighted by molar-refractivity contribution is 5.89. The first-order valence-corrected chi connectivity index (χ1v) is 7.05. The van der Waals surface area contributed by atoms with Gasteiger partial charge >= 0.3 is 0 Å². The Morgan fingerprint density at radius 2 is 2.05 bits per heavy atom. The molecule has 1 saturated heterocycles. The van der Waals surface area contributed by atoms with Crippen molar-refractivity contribution in [2.75, 3.05) is 13.2 Å². The number of likely N-dealkylation sites (tertiary alicyclic amines) is 1. The Hall–Kier alpha value is -1.10. The molecule has 0 bridgehead atoms. The quantitative estimate of drug-likeness (QED) is 0.749. The summed E-state index contributed by atoms with van der Waals surface area (Å²) in [6.07, 6.45) is 1.03. The summed E-state index contributed by atoms with van der Waals surface area (Å²) in [7, 11) is 0. The normalized spacial score (nSPS) is 21.3. The van der Waals surface area contributed by atoms with Gasteiger partial charge in [0.1, 0.15) is 0 Å². The van der Waals surface area contributed by atoms with Crippen LogP contribution < -0.4 is 5.32 Å². The minimum Gasteiger partial charge on any atom is -0.394 e. The van der Waals surface area contributed by atoms with Gasteiger partial charge in [-0.15, -0.1) is 0 Å². The van der Waals surface area contributed by atoms with Crippen LogP contribution in [0.2, 0.25) is 0 Å². The van der Waals surface area contributed by atoms with Gasteiger partial charge in [0, 0.05) is 19.0 Å². The maximum atomic E-state index is 12.1. The number of aliphatic hydroxyl groups excluding tert-OH is 1. The monoisotopic (exact) mass is 270 g/mol. The SMILES string of the molecule is CC(C)CC(CO)NC(=O)C1CC(=O)N(C(C)C)C1. The summed E-state index contributed by atoms with van der Waals surface area (Å²) in [4.78, 5) is 25.6. The Morgan fingerprint density at radius 3 is 2.47 bits per heavy atom. The second-order valence-electron chi connectivity index (χ2n) is 6.06. The van der Waals surface area contributed by atoms with E-state index in [1.54, 1.807) is 4.90 Å². The van der Waals surface area contributed by atoms with Crippen molar-refractivity contribution in [1.82, 2.24) is 10.2 Å². The zero-order valence-electron chi connectivity index (χ0n) is 12.3. The standard InChI is InChI=1S/C14H26N2O3/c1-9(2)5-12(8-17)15-14(19)11-6-13(18)16(7-11)10(3)4/h9-12,17H,5-8H2,1-4H3,(H,15,19). The molecule has 1 aliphatic heterocycles. The lowest BCUT2D eigenvalue weighted by Crippen LogP contribution is -2.42. The summed E-state index contributed by atoms with van der Waals surface area (Å²) in [5.41, 5.74) is 0. The lowest BCUT2D eigenvalue weighted by Gasteiger charge is -2.22. The van der Waals surface area contributed by atoms with Crippen molar-refractivity contribution in [3.05, 3.63) is 0 Å². The van der Waals surface area contributed by atoms with Crippen LogP contribution >= 0.6 is 0 Å². The average Bonchev–Trinajstić information content (AvgIpc) is 2.70. The Morgan fingerprint density at radius 1 is 1.42 bits per heavy atom. The summed E-state index contributed by atoms with van der Waals surface area (Å²) in [5, 5.41) is 12.1. The third-order valence-corrected chi connectivity index (χ3v) is 3.48. The van der Waals surface area contributed by atoms with E-state index in [0.29, 0.717) is 12.5 Å². The van der Waals surface area contributed by atoms with Gasteiger partial charge < -0.3 is 15.3 Å². The molecule has 0 aliphatic carbocycles. The smallest absolute Gasteiger partial charge is 0.225 e. The fraction of sp³-hybridized carbons (Fsp3) is 0.857. The summed E-state index contributed by atoms with van der Waals surface area (Å²) < 4.78 is 0. The van der Waals surface area contributed by atoms with Gasteiger partial charge in [0.15, 0.2) is 0 Å². The summed E-state index contributed by atoms with van der Waals surface area (Å²) >= 11 is 0. The highest BCUT2D eigenvalue weighted by Crippen LogP contribution is 2.20. The molecule has 2 unspecified atom stereocenters. The molecule has 0 spiro atoms. The van der Waals surface area contributed by atoms with Crippen molar-refractivity contribution in [2.45, 2.75) is 52.6 Å². The molecule has 5 nitrogen and oxygen atoms in total. The van der Waals surface area contributed by atoms with Gasteiger partial charge in [-0.25, -0.2) is 0 Å². The van der Waals surface area contributed by atoms with E-state index in [9.17, 15) is 14.7 Å². The van der Waals surface area contributed by atoms with Crippen molar-refractivity contribution in [2.24, 2.45) is 11.8 Å². The van der Waals surface area contributed by atoms with Crippen LogP contribution in [0, 0.1) is 11.8 Å². The molecule has 0 aromatic rings. The second-order valence-corrected chi connectivity index (χ2v) is 6.06. The topological polar surface area (TPSA) is 69.6 Å². The average molecular weight is 270 g/mol. The molecule has 2 amide bonds. The fourth-order valence-electron chi connectivity index (χ4n) is 2.47. The third kappa shape index (κ3) is 4.49. The molecule has 0 aromatic carbocycles. The Kier molecular flexibility index (Phi) is 5.79. The lowest BCUT2D eigenvalue weighted by molar-refractivity contribution is -0.130. The molecule has 2 atom stereocenters. The van der Waals surface area contributed by atoms with Crippen LogP contribution in [0.3, 0.4) is 0 Å². The summed E-state index contributed by atoms with van der Waals surface area (Å²) in [6, 6.07) is -0.0784. The zero-order valence-corrected chi connectivity index (χ0v) is 12.3. The van der Waals surface area contributed by atoms with Crippen LogP contribution in [-0.4, -0.2) is 47.1 Å². The molecule has 1 aliphatic rings. The van der Waals surface area contributed by atoms with Crippen molar-refractivity contribution < 1.29 is 14.7 Å². The fourth-order valence-corrected chi connectivity index (χ4v) is 2.47. The largest absolute Gasteiger partial charge is 0.394 e. The number of rotatable bonds is 6. The molecule has 0 radical (unpaired) electrons. The second kappa shape index (κ2) is 6.89. The van der Waals surface area contributed by atoms with Gasteiger partial charge in [-0.05, 0) is 26.2 Å². The van der Waals surface area contributed by atoms with Crippen LogP contribution in [-0.2, 0) is 9.59 Å². The molecule has 19 heavy (non-hydrogen) atoms. The maximum absolute atomic E-state index is 12.1. The van der Waals surface area contributed by atoms with Gasteiger partial charge in [0.05, 0.1) is 18.6 Å². The predicted molar refractivity (Wildman–Crippen MR) is 73.4 cm³/mol. The first kappa shape index (κ1) is 16.0. The molecule has 0 saturated carbocycles. The van der Waals surface area contributed by atoms with E-state index < -0.39 is 0 Å². The van der Waals surface area contributed by atoms with Gasteiger partial charge in [-0.3, -0.25) is 9.59 Å². The van der Waals surface area contributed by atoms with Crippen LogP contribution in [0.1, 0.15) is 40.5 Å². The Bertz CT molecular complexity index is 329. The Labute approximate surface area is 115 Å². The van der Waals surface area contributed by atoms with E-state index in [-0.39, 0.29) is 42.8 Å². The number of amides is 2. The van der Waals surface area contributed by atoms with Gasteiger partial charge in [0.2, 0.25) is 11.8 Å². The highest BCUT2D eigenvalue weighted by atomic mass is 16.3. The van der Waals surface area contributed by atoms with Crippen molar-refractivity contribution >= 4 is 11.8 Å². The number of aliphatic hydroxyl groups is 1. The zero-order chi connectivity index (χ0) is 14.6. The number of hydrogen-bond donors (Lipinski definition) is 2. The summed E-state index contributed by atoms with van der Waals surface area (Å²) in [6.45, 7) is 8.43. The number of carbonyl (C=O) groups is 2. The van der Waals surface area contributed by atoms with Gasteiger partial charge in [-0.2, -0.15) is 0 Å². The van der Waals surface area contributed by atoms with Crippen LogP contribution in [0.25, 0.3) is 0 Å². The number of carbonyl (C=O) groups excluding carboxylic acids is 2. The van der Waals surface area contributed by atoms with E-state index in [1.165, 1.54) is 0 Å². The van der Waals surface area contributed by atoms with Gasteiger partial charge in [0.25, 0.3) is 0 Å². The van der Waals surface area contributed by atoms with Crippen molar-refractivity contribution in [3.63, 3.8) is 0 Å². The van der Waals surface area contributed by atoms with E-state index in [4.69, 9.17) is 0 Å². The first-order valence-electron chi connectivity index (χ1n) is 7.05. The maximum Gasteiger partial charge on any atom is 0.225 e. The van der Waals surface area contributed by atoms with Crippen LogP contribution in [0.15, 0.2) is 0 Å². The summed E-state index contributed by atoms with van der Waals surface area (Å²) in [5.74, 6) is 0.0571. The third-order valence-electron chi connectivity index (χ3n) is 3.48. The van der Waals surface area contributed by atoms with Crippen LogP contribution in [0.5, 0.6) is 0 Å². The first-order chi connectivity index (χ1) is 8.85. The van der Waals surface area contributed by atoms with E-state index >= 15 is 0 Å². The molecule has 2 N–H and O–H groups in total. The van der Waals surface area contributed by atoms with E-state index in [0.717, 1.165) is 6.42 Å². The number of hydrogen-bond acceptors (Lipinski definition) is 3. The molecular weight excluding hydrogens is 244 g/mol. The molecular formula is C14H26N2O3. The molecule has 1 fully saturated rings. The molecule has 1 rings (SSSR count). The number of nitrogens with one attached hydrogen (secondary N) is 1. The minimum absolute atomic E-state index is 0.0413. The molecule has 5 heteroatoms. The van der Waals surface area contributed by atoms with Crippen molar-refractivity contribution in [3.8, 4) is 0 Å². The minimum atomic E-state index is -0.281. The number of nitrogens with zero attached hydrogens (tertiary/aromatic N) is 1. The van der Waals surface area contributed by atoms with Crippen molar-refractivity contribution in [1.29, 1.82) is 0 Å². The van der Waals surface area contributed by atoms with Gasteiger partial charge in [-0.1, -0.05) is 13.8 Å². The molecule has 1 heterocycles. The predicted octanol–water partition coefficient (Wildman–Crippen LogP) is 0.766. The van der Waals surface area contributed by atoms with E-state index in [2.05, 4.69) is 19.2 Å².